The molecule has 0 bridgehead atoms. The highest BCUT2D eigenvalue weighted by Crippen LogP contribution is 2.22. The van der Waals surface area contributed by atoms with E-state index in [0.29, 0.717) is 6.54 Å². The number of anilines is 1. The number of rotatable bonds is 3. The number of ether oxygens (including phenoxy) is 1. The first-order valence-electron chi connectivity index (χ1n) is 8.64. The molecule has 0 saturated carbocycles. The van der Waals surface area contributed by atoms with Gasteiger partial charge in [-0.15, -0.1) is 0 Å². The normalized spacial score (nSPS) is 14.0. The van der Waals surface area contributed by atoms with Crippen molar-refractivity contribution in [2.45, 2.75) is 45.9 Å². The highest BCUT2D eigenvalue weighted by molar-refractivity contribution is 5.67. The van der Waals surface area contributed by atoms with Gasteiger partial charge in [0.05, 0.1) is 0 Å². The van der Waals surface area contributed by atoms with Crippen LogP contribution in [-0.4, -0.2) is 23.2 Å². The fourth-order valence-corrected chi connectivity index (χ4v) is 2.89. The highest BCUT2D eigenvalue weighted by Gasteiger charge is 2.17. The summed E-state index contributed by atoms with van der Waals surface area (Å²) in [4.78, 5) is 18.5. The maximum atomic E-state index is 11.7. The topological polar surface area (TPSA) is 54.5 Å². The minimum atomic E-state index is -0.489. The summed E-state index contributed by atoms with van der Waals surface area (Å²) < 4.78 is 5.23. The molecular formula is C20H25N3O2. The van der Waals surface area contributed by atoms with E-state index >= 15 is 0 Å². The van der Waals surface area contributed by atoms with Crippen LogP contribution in [0.5, 0.6) is 0 Å². The van der Waals surface area contributed by atoms with Crippen molar-refractivity contribution in [3.05, 3.63) is 59.3 Å². The molecular weight excluding hydrogens is 314 g/mol. The second-order valence-electron chi connectivity index (χ2n) is 7.32. The smallest absolute Gasteiger partial charge is 0.407 e. The number of nitrogens with one attached hydrogen (secondary N) is 1. The molecule has 0 unspecified atom stereocenters. The van der Waals surface area contributed by atoms with Crippen molar-refractivity contribution in [1.29, 1.82) is 0 Å². The summed E-state index contributed by atoms with van der Waals surface area (Å²) in [6, 6.07) is 12.6. The summed E-state index contributed by atoms with van der Waals surface area (Å²) in [7, 11) is 0. The Balaban J connectivity index is 1.57. The van der Waals surface area contributed by atoms with Crippen molar-refractivity contribution < 1.29 is 9.53 Å². The molecule has 1 amide bonds. The number of benzene rings is 1. The van der Waals surface area contributed by atoms with Crippen molar-refractivity contribution in [3.63, 3.8) is 0 Å². The number of carbonyl (C=O) groups excluding carboxylic acids is 1. The number of hydrogen-bond donors (Lipinski definition) is 1. The molecule has 0 fully saturated rings. The minimum absolute atomic E-state index is 0.408. The second kappa shape index (κ2) is 7.13. The van der Waals surface area contributed by atoms with Crippen LogP contribution >= 0.6 is 0 Å². The van der Waals surface area contributed by atoms with E-state index in [1.165, 1.54) is 11.1 Å². The molecule has 1 aliphatic rings. The first-order chi connectivity index (χ1) is 11.9. The molecule has 25 heavy (non-hydrogen) atoms. The van der Waals surface area contributed by atoms with Gasteiger partial charge in [-0.05, 0) is 49.9 Å². The van der Waals surface area contributed by atoms with Crippen LogP contribution in [0.4, 0.5) is 10.6 Å². The summed E-state index contributed by atoms with van der Waals surface area (Å²) in [6.45, 7) is 7.81. The Morgan fingerprint density at radius 3 is 2.64 bits per heavy atom. The minimum Gasteiger partial charge on any atom is -0.444 e. The predicted molar refractivity (Wildman–Crippen MR) is 98.5 cm³/mol. The van der Waals surface area contributed by atoms with Gasteiger partial charge in [-0.3, -0.25) is 0 Å². The van der Waals surface area contributed by atoms with E-state index in [0.717, 1.165) is 30.9 Å². The molecule has 0 atom stereocenters. The fraction of sp³-hybridized carbons (Fsp3) is 0.400. The third-order valence-electron chi connectivity index (χ3n) is 4.10. The summed E-state index contributed by atoms with van der Waals surface area (Å²) >= 11 is 0. The number of nitrogens with zero attached hydrogens (tertiary/aromatic N) is 2. The molecule has 0 radical (unpaired) electrons. The van der Waals surface area contributed by atoms with Crippen LogP contribution in [0.2, 0.25) is 0 Å². The van der Waals surface area contributed by atoms with Crippen molar-refractivity contribution in [1.82, 2.24) is 10.3 Å². The lowest BCUT2D eigenvalue weighted by Gasteiger charge is -2.29. The third-order valence-corrected chi connectivity index (χ3v) is 4.10. The van der Waals surface area contributed by atoms with Crippen LogP contribution in [0.15, 0.2) is 42.6 Å². The van der Waals surface area contributed by atoms with Gasteiger partial charge >= 0.3 is 6.09 Å². The van der Waals surface area contributed by atoms with Crippen molar-refractivity contribution in [3.8, 4) is 0 Å². The standard InChI is InChI=1S/C20H25N3O2/c1-20(2,3)25-19(24)22-13-15-8-9-18(21-12-15)23-11-10-16-6-4-5-7-17(16)14-23/h4-9,12H,10-11,13-14H2,1-3H3,(H,22,24). The number of pyridine rings is 1. The average Bonchev–Trinajstić information content (AvgIpc) is 2.58. The van der Waals surface area contributed by atoms with Crippen LogP contribution < -0.4 is 10.2 Å². The second-order valence-corrected chi connectivity index (χ2v) is 7.32. The lowest BCUT2D eigenvalue weighted by atomic mass is 10.00. The van der Waals surface area contributed by atoms with Crippen LogP contribution in [0.3, 0.4) is 0 Å². The van der Waals surface area contributed by atoms with Crippen molar-refractivity contribution in [2.24, 2.45) is 0 Å². The van der Waals surface area contributed by atoms with Gasteiger partial charge in [-0.2, -0.15) is 0 Å². The van der Waals surface area contributed by atoms with Crippen LogP contribution in [0, 0.1) is 0 Å². The highest BCUT2D eigenvalue weighted by atomic mass is 16.6. The summed E-state index contributed by atoms with van der Waals surface area (Å²) in [6.07, 6.45) is 2.44. The van der Waals surface area contributed by atoms with Crippen LogP contribution in [0.25, 0.3) is 0 Å². The number of alkyl carbamates (subject to hydrolysis) is 1. The molecule has 2 aromatic rings. The predicted octanol–water partition coefficient (Wildman–Crippen LogP) is 3.67. The summed E-state index contributed by atoms with van der Waals surface area (Å²) in [5.41, 5.74) is 3.26. The molecule has 1 aliphatic heterocycles. The Labute approximate surface area is 149 Å². The molecule has 1 aromatic heterocycles. The molecule has 2 heterocycles. The zero-order valence-corrected chi connectivity index (χ0v) is 15.1. The molecule has 0 spiro atoms. The van der Waals surface area contributed by atoms with E-state index in [-0.39, 0.29) is 0 Å². The Hall–Kier alpha value is -2.56. The SMILES string of the molecule is CC(C)(C)OC(=O)NCc1ccc(N2CCc3ccccc3C2)nc1. The number of aromatic nitrogens is 1. The summed E-state index contributed by atoms with van der Waals surface area (Å²) in [5.74, 6) is 0.968. The summed E-state index contributed by atoms with van der Waals surface area (Å²) in [5, 5.41) is 2.75. The quantitative estimate of drug-likeness (QED) is 0.927. The van der Waals surface area contributed by atoms with Crippen LogP contribution in [0.1, 0.15) is 37.5 Å². The van der Waals surface area contributed by atoms with Crippen LogP contribution in [-0.2, 0) is 24.2 Å². The number of amides is 1. The van der Waals surface area contributed by atoms with E-state index in [4.69, 9.17) is 4.74 Å². The lowest BCUT2D eigenvalue weighted by molar-refractivity contribution is 0.0523. The van der Waals surface area contributed by atoms with Gasteiger partial charge in [0.2, 0.25) is 0 Å². The van der Waals surface area contributed by atoms with Crippen molar-refractivity contribution >= 4 is 11.9 Å². The van der Waals surface area contributed by atoms with Gasteiger partial charge in [0, 0.05) is 25.8 Å². The zero-order valence-electron chi connectivity index (χ0n) is 15.1. The molecule has 5 nitrogen and oxygen atoms in total. The largest absolute Gasteiger partial charge is 0.444 e. The van der Waals surface area contributed by atoms with Gasteiger partial charge in [-0.25, -0.2) is 9.78 Å². The van der Waals surface area contributed by atoms with E-state index in [1.807, 2.05) is 39.1 Å². The van der Waals surface area contributed by atoms with E-state index in [9.17, 15) is 4.79 Å². The number of fused-ring (bicyclic) bond motifs is 1. The molecule has 132 valence electrons. The molecule has 1 N–H and O–H groups in total. The Bertz CT molecular complexity index is 735. The first-order valence-corrected chi connectivity index (χ1v) is 8.64. The Morgan fingerprint density at radius 2 is 1.96 bits per heavy atom. The first kappa shape index (κ1) is 17.3. The Kier molecular flexibility index (Phi) is 4.93. The molecule has 3 rings (SSSR count). The van der Waals surface area contributed by atoms with Gasteiger partial charge < -0.3 is 15.0 Å². The van der Waals surface area contributed by atoms with E-state index in [2.05, 4.69) is 39.5 Å². The fourth-order valence-electron chi connectivity index (χ4n) is 2.89. The zero-order chi connectivity index (χ0) is 17.9. The maximum absolute atomic E-state index is 11.7. The monoisotopic (exact) mass is 339 g/mol. The van der Waals surface area contributed by atoms with E-state index in [1.54, 1.807) is 0 Å². The lowest BCUT2D eigenvalue weighted by Crippen LogP contribution is -2.32. The molecule has 0 aliphatic carbocycles. The third kappa shape index (κ3) is 4.72. The van der Waals surface area contributed by atoms with Gasteiger partial charge in [0.15, 0.2) is 0 Å². The van der Waals surface area contributed by atoms with E-state index < -0.39 is 11.7 Å². The molecule has 0 saturated heterocycles. The van der Waals surface area contributed by atoms with Gasteiger partial charge in [-0.1, -0.05) is 30.3 Å². The number of carbonyl (C=O) groups is 1. The Morgan fingerprint density at radius 1 is 1.20 bits per heavy atom. The van der Waals surface area contributed by atoms with Gasteiger partial charge in [0.1, 0.15) is 11.4 Å². The molecule has 1 aromatic carbocycles. The average molecular weight is 339 g/mol. The maximum Gasteiger partial charge on any atom is 0.407 e. The number of hydrogen-bond acceptors (Lipinski definition) is 4. The van der Waals surface area contributed by atoms with Crippen molar-refractivity contribution in [2.75, 3.05) is 11.4 Å². The van der Waals surface area contributed by atoms with Gasteiger partial charge in [0.25, 0.3) is 0 Å². The molecule has 5 heteroatoms.